The van der Waals surface area contributed by atoms with Gasteiger partial charge in [0.1, 0.15) is 5.75 Å². The van der Waals surface area contributed by atoms with Gasteiger partial charge in [0.15, 0.2) is 6.61 Å². The Morgan fingerprint density at radius 3 is 2.84 bits per heavy atom. The summed E-state index contributed by atoms with van der Waals surface area (Å²) >= 11 is 0. The van der Waals surface area contributed by atoms with E-state index in [1.807, 2.05) is 32.0 Å². The number of hydrogen-bond donors (Lipinski definition) is 1. The lowest BCUT2D eigenvalue weighted by molar-refractivity contribution is -0.124. The highest BCUT2D eigenvalue weighted by Gasteiger charge is 2.16. The SMILES string of the molecule is Cc1ccc(C)c(OCC(=O)NC2CCOCC2)c1. The summed E-state index contributed by atoms with van der Waals surface area (Å²) in [5.41, 5.74) is 2.18. The van der Waals surface area contributed by atoms with Gasteiger partial charge in [-0.05, 0) is 43.9 Å². The summed E-state index contributed by atoms with van der Waals surface area (Å²) in [6.07, 6.45) is 1.77. The third-order valence-corrected chi connectivity index (χ3v) is 3.29. The number of ether oxygens (including phenoxy) is 2. The van der Waals surface area contributed by atoms with Crippen LogP contribution in [0.1, 0.15) is 24.0 Å². The van der Waals surface area contributed by atoms with Gasteiger partial charge in [0, 0.05) is 19.3 Å². The molecule has 1 heterocycles. The normalized spacial score (nSPS) is 16.1. The molecule has 19 heavy (non-hydrogen) atoms. The third-order valence-electron chi connectivity index (χ3n) is 3.29. The highest BCUT2D eigenvalue weighted by Crippen LogP contribution is 2.18. The lowest BCUT2D eigenvalue weighted by atomic mass is 10.1. The Labute approximate surface area is 114 Å². The molecule has 1 aromatic carbocycles. The first-order valence-electron chi connectivity index (χ1n) is 6.72. The highest BCUT2D eigenvalue weighted by molar-refractivity contribution is 5.77. The fraction of sp³-hybridized carbons (Fsp3) is 0.533. The third kappa shape index (κ3) is 4.24. The molecule has 1 aromatic rings. The van der Waals surface area contributed by atoms with E-state index in [1.54, 1.807) is 0 Å². The van der Waals surface area contributed by atoms with Crippen molar-refractivity contribution in [1.82, 2.24) is 5.32 Å². The summed E-state index contributed by atoms with van der Waals surface area (Å²) in [4.78, 5) is 11.8. The second kappa shape index (κ2) is 6.57. The van der Waals surface area contributed by atoms with E-state index in [4.69, 9.17) is 9.47 Å². The molecular weight excluding hydrogens is 242 g/mol. The van der Waals surface area contributed by atoms with Gasteiger partial charge in [0.05, 0.1) is 0 Å². The maximum atomic E-state index is 11.8. The Kier molecular flexibility index (Phi) is 4.80. The predicted octanol–water partition coefficient (Wildman–Crippen LogP) is 1.98. The van der Waals surface area contributed by atoms with E-state index >= 15 is 0 Å². The van der Waals surface area contributed by atoms with E-state index in [1.165, 1.54) is 0 Å². The van der Waals surface area contributed by atoms with Crippen LogP contribution in [0.4, 0.5) is 0 Å². The number of rotatable bonds is 4. The van der Waals surface area contributed by atoms with Gasteiger partial charge < -0.3 is 14.8 Å². The van der Waals surface area contributed by atoms with Crippen LogP contribution in [0, 0.1) is 13.8 Å². The molecule has 1 saturated heterocycles. The van der Waals surface area contributed by atoms with E-state index in [0.717, 1.165) is 42.9 Å². The van der Waals surface area contributed by atoms with E-state index in [2.05, 4.69) is 5.32 Å². The minimum absolute atomic E-state index is 0.0622. The van der Waals surface area contributed by atoms with Crippen LogP contribution in [-0.2, 0) is 9.53 Å². The molecule has 0 aromatic heterocycles. The Hall–Kier alpha value is -1.55. The van der Waals surface area contributed by atoms with E-state index < -0.39 is 0 Å². The van der Waals surface area contributed by atoms with E-state index in [9.17, 15) is 4.79 Å². The van der Waals surface area contributed by atoms with Gasteiger partial charge in [-0.3, -0.25) is 4.79 Å². The quantitative estimate of drug-likeness (QED) is 0.903. The molecule has 0 aliphatic carbocycles. The number of benzene rings is 1. The second-order valence-corrected chi connectivity index (χ2v) is 5.01. The zero-order valence-electron chi connectivity index (χ0n) is 11.6. The van der Waals surface area contributed by atoms with Gasteiger partial charge in [0.25, 0.3) is 5.91 Å². The minimum atomic E-state index is -0.0622. The highest BCUT2D eigenvalue weighted by atomic mass is 16.5. The van der Waals surface area contributed by atoms with Crippen LogP contribution in [0.5, 0.6) is 5.75 Å². The fourth-order valence-electron chi connectivity index (χ4n) is 2.12. The Bertz CT molecular complexity index is 439. The molecule has 1 aliphatic rings. The van der Waals surface area contributed by atoms with Crippen LogP contribution in [0.3, 0.4) is 0 Å². The van der Waals surface area contributed by atoms with Crippen LogP contribution in [-0.4, -0.2) is 31.8 Å². The molecule has 0 spiro atoms. The van der Waals surface area contributed by atoms with Gasteiger partial charge in [-0.15, -0.1) is 0 Å². The lowest BCUT2D eigenvalue weighted by Gasteiger charge is -2.23. The van der Waals surface area contributed by atoms with Gasteiger partial charge in [0.2, 0.25) is 0 Å². The van der Waals surface area contributed by atoms with Crippen LogP contribution in [0.15, 0.2) is 18.2 Å². The zero-order chi connectivity index (χ0) is 13.7. The minimum Gasteiger partial charge on any atom is -0.483 e. The van der Waals surface area contributed by atoms with Crippen molar-refractivity contribution in [3.05, 3.63) is 29.3 Å². The van der Waals surface area contributed by atoms with E-state index in [0.29, 0.717) is 0 Å². The molecule has 1 fully saturated rings. The predicted molar refractivity (Wildman–Crippen MR) is 73.4 cm³/mol. The number of nitrogens with one attached hydrogen (secondary N) is 1. The first-order valence-corrected chi connectivity index (χ1v) is 6.72. The first-order chi connectivity index (χ1) is 9.15. The van der Waals surface area contributed by atoms with Crippen LogP contribution in [0.25, 0.3) is 0 Å². The summed E-state index contributed by atoms with van der Waals surface area (Å²) < 4.78 is 10.8. The van der Waals surface area contributed by atoms with Gasteiger partial charge in [-0.1, -0.05) is 12.1 Å². The molecule has 0 saturated carbocycles. The maximum Gasteiger partial charge on any atom is 0.258 e. The topological polar surface area (TPSA) is 47.6 Å². The Morgan fingerprint density at radius 2 is 2.11 bits per heavy atom. The molecule has 4 nitrogen and oxygen atoms in total. The molecule has 0 bridgehead atoms. The number of amides is 1. The van der Waals surface area contributed by atoms with Gasteiger partial charge >= 0.3 is 0 Å². The average molecular weight is 263 g/mol. The summed E-state index contributed by atoms with van der Waals surface area (Å²) in [6, 6.07) is 6.21. The molecule has 0 atom stereocenters. The standard InChI is InChI=1S/C15H21NO3/c1-11-3-4-12(2)14(9-11)19-10-15(17)16-13-5-7-18-8-6-13/h3-4,9,13H,5-8,10H2,1-2H3,(H,16,17). The number of hydrogen-bond acceptors (Lipinski definition) is 3. The Morgan fingerprint density at radius 1 is 1.37 bits per heavy atom. The van der Waals surface area contributed by atoms with Crippen LogP contribution >= 0.6 is 0 Å². The lowest BCUT2D eigenvalue weighted by Crippen LogP contribution is -2.41. The largest absolute Gasteiger partial charge is 0.483 e. The van der Waals surface area contributed by atoms with Crippen molar-refractivity contribution in [3.8, 4) is 5.75 Å². The monoisotopic (exact) mass is 263 g/mol. The summed E-state index contributed by atoms with van der Waals surface area (Å²) in [6.45, 7) is 5.51. The average Bonchev–Trinajstić information content (AvgIpc) is 2.41. The van der Waals surface area contributed by atoms with Crippen molar-refractivity contribution in [2.45, 2.75) is 32.7 Å². The van der Waals surface area contributed by atoms with Crippen molar-refractivity contribution in [2.75, 3.05) is 19.8 Å². The Balaban J connectivity index is 1.81. The van der Waals surface area contributed by atoms with Crippen molar-refractivity contribution >= 4 is 5.91 Å². The molecule has 104 valence electrons. The molecule has 0 radical (unpaired) electrons. The van der Waals surface area contributed by atoms with Crippen molar-refractivity contribution in [1.29, 1.82) is 0 Å². The number of aryl methyl sites for hydroxylation is 2. The fourth-order valence-corrected chi connectivity index (χ4v) is 2.12. The molecule has 4 heteroatoms. The summed E-state index contributed by atoms with van der Waals surface area (Å²) in [7, 11) is 0. The molecule has 1 N–H and O–H groups in total. The molecule has 1 aliphatic heterocycles. The summed E-state index contributed by atoms with van der Waals surface area (Å²) in [5, 5.41) is 2.98. The number of carbonyl (C=O) groups excluding carboxylic acids is 1. The van der Waals surface area contributed by atoms with Crippen LogP contribution in [0.2, 0.25) is 0 Å². The van der Waals surface area contributed by atoms with Crippen molar-refractivity contribution < 1.29 is 14.3 Å². The summed E-state index contributed by atoms with van der Waals surface area (Å²) in [5.74, 6) is 0.718. The first kappa shape index (κ1) is 13.9. The van der Waals surface area contributed by atoms with Crippen molar-refractivity contribution in [2.24, 2.45) is 0 Å². The smallest absolute Gasteiger partial charge is 0.258 e. The number of carbonyl (C=O) groups is 1. The van der Waals surface area contributed by atoms with Crippen molar-refractivity contribution in [3.63, 3.8) is 0 Å². The molecule has 1 amide bonds. The van der Waals surface area contributed by atoms with E-state index in [-0.39, 0.29) is 18.6 Å². The molecular formula is C15H21NO3. The molecule has 0 unspecified atom stereocenters. The van der Waals surface area contributed by atoms with Gasteiger partial charge in [-0.25, -0.2) is 0 Å². The maximum absolute atomic E-state index is 11.8. The molecule has 2 rings (SSSR count). The zero-order valence-corrected chi connectivity index (χ0v) is 11.6. The van der Waals surface area contributed by atoms with Crippen LogP contribution < -0.4 is 10.1 Å². The van der Waals surface area contributed by atoms with Gasteiger partial charge in [-0.2, -0.15) is 0 Å². The second-order valence-electron chi connectivity index (χ2n) is 5.01.